The Balaban J connectivity index is 2.18. The number of benzene rings is 2. The van der Waals surface area contributed by atoms with Crippen molar-refractivity contribution in [2.75, 3.05) is 6.61 Å². The topological polar surface area (TPSA) is 50.4 Å². The molecule has 0 fully saturated rings. The van der Waals surface area contributed by atoms with E-state index >= 15 is 0 Å². The SMILES string of the molecule is CCOC(=O)C1=C(c2ccccc2)NC(=S)N[C@@H]1c1cccc(Cl)c1. The molecule has 0 saturated heterocycles. The highest BCUT2D eigenvalue weighted by Crippen LogP contribution is 2.32. The number of hydrogen-bond acceptors (Lipinski definition) is 3. The Morgan fingerprint density at radius 3 is 2.64 bits per heavy atom. The Hall–Kier alpha value is -2.37. The van der Waals surface area contributed by atoms with Gasteiger partial charge in [-0.3, -0.25) is 0 Å². The first-order valence-electron chi connectivity index (χ1n) is 7.90. The molecule has 1 aliphatic heterocycles. The minimum Gasteiger partial charge on any atom is -0.463 e. The van der Waals surface area contributed by atoms with Crippen LogP contribution in [0.15, 0.2) is 60.2 Å². The molecule has 0 aliphatic carbocycles. The lowest BCUT2D eigenvalue weighted by Gasteiger charge is -2.31. The second-order valence-electron chi connectivity index (χ2n) is 5.46. The number of esters is 1. The predicted octanol–water partition coefficient (Wildman–Crippen LogP) is 3.83. The third-order valence-electron chi connectivity index (χ3n) is 3.81. The summed E-state index contributed by atoms with van der Waals surface area (Å²) < 4.78 is 5.30. The Labute approximate surface area is 156 Å². The third kappa shape index (κ3) is 3.83. The smallest absolute Gasteiger partial charge is 0.338 e. The van der Waals surface area contributed by atoms with E-state index in [-0.39, 0.29) is 6.61 Å². The summed E-state index contributed by atoms with van der Waals surface area (Å²) in [6, 6.07) is 16.5. The number of carbonyl (C=O) groups is 1. The van der Waals surface area contributed by atoms with Gasteiger partial charge < -0.3 is 15.4 Å². The number of ether oxygens (including phenoxy) is 1. The number of rotatable bonds is 4. The van der Waals surface area contributed by atoms with E-state index in [4.69, 9.17) is 28.6 Å². The number of nitrogens with one attached hydrogen (secondary N) is 2. The lowest BCUT2D eigenvalue weighted by Crippen LogP contribution is -2.45. The molecule has 0 radical (unpaired) electrons. The maximum absolute atomic E-state index is 12.7. The van der Waals surface area contributed by atoms with Crippen molar-refractivity contribution in [2.45, 2.75) is 13.0 Å². The molecule has 0 aromatic heterocycles. The second kappa shape index (κ2) is 7.68. The molecule has 1 atom stereocenters. The normalized spacial score (nSPS) is 16.9. The highest BCUT2D eigenvalue weighted by molar-refractivity contribution is 7.80. The standard InChI is InChI=1S/C19H17ClN2O2S/c1-2-24-18(23)15-16(12-7-4-3-5-8-12)21-19(25)22-17(15)13-9-6-10-14(20)11-13/h3-11,17H,2H2,1H3,(H2,21,22,25)/t17-/m1/s1. The van der Waals surface area contributed by atoms with Crippen LogP contribution in [-0.4, -0.2) is 17.7 Å². The summed E-state index contributed by atoms with van der Waals surface area (Å²) in [6.45, 7) is 2.07. The third-order valence-corrected chi connectivity index (χ3v) is 4.27. The maximum atomic E-state index is 12.7. The van der Waals surface area contributed by atoms with Crippen LogP contribution in [-0.2, 0) is 9.53 Å². The van der Waals surface area contributed by atoms with E-state index in [2.05, 4.69) is 10.6 Å². The van der Waals surface area contributed by atoms with E-state index < -0.39 is 12.0 Å². The summed E-state index contributed by atoms with van der Waals surface area (Å²) in [6.07, 6.45) is 0. The van der Waals surface area contributed by atoms with Gasteiger partial charge in [-0.05, 0) is 42.4 Å². The Kier molecular flexibility index (Phi) is 5.36. The van der Waals surface area contributed by atoms with Crippen LogP contribution in [0.3, 0.4) is 0 Å². The van der Waals surface area contributed by atoms with Gasteiger partial charge in [0.2, 0.25) is 0 Å². The highest BCUT2D eigenvalue weighted by atomic mass is 35.5. The number of halogens is 1. The Morgan fingerprint density at radius 2 is 1.96 bits per heavy atom. The molecule has 1 aliphatic rings. The zero-order valence-electron chi connectivity index (χ0n) is 13.6. The van der Waals surface area contributed by atoms with Gasteiger partial charge in [-0.25, -0.2) is 4.79 Å². The molecule has 6 heteroatoms. The summed E-state index contributed by atoms with van der Waals surface area (Å²) >= 11 is 11.5. The van der Waals surface area contributed by atoms with E-state index in [0.717, 1.165) is 11.1 Å². The molecule has 0 saturated carbocycles. The molecule has 2 aromatic rings. The molecule has 128 valence electrons. The lowest BCUT2D eigenvalue weighted by molar-refractivity contribution is -0.138. The monoisotopic (exact) mass is 372 g/mol. The number of carbonyl (C=O) groups excluding carboxylic acids is 1. The summed E-state index contributed by atoms with van der Waals surface area (Å²) in [5.41, 5.74) is 2.82. The number of thiocarbonyl (C=S) groups is 1. The highest BCUT2D eigenvalue weighted by Gasteiger charge is 2.33. The van der Waals surface area contributed by atoms with Gasteiger partial charge in [0.05, 0.1) is 23.9 Å². The second-order valence-corrected chi connectivity index (χ2v) is 6.31. The molecule has 2 N–H and O–H groups in total. The zero-order valence-corrected chi connectivity index (χ0v) is 15.2. The first-order chi connectivity index (χ1) is 12.1. The maximum Gasteiger partial charge on any atom is 0.338 e. The average molecular weight is 373 g/mol. The van der Waals surface area contributed by atoms with Crippen molar-refractivity contribution < 1.29 is 9.53 Å². The number of hydrogen-bond donors (Lipinski definition) is 2. The van der Waals surface area contributed by atoms with Crippen molar-refractivity contribution in [3.05, 3.63) is 76.3 Å². The van der Waals surface area contributed by atoms with Crippen LogP contribution in [0.25, 0.3) is 5.70 Å². The first kappa shape index (κ1) is 17.5. The summed E-state index contributed by atoms with van der Waals surface area (Å²) in [5, 5.41) is 7.29. The molecular formula is C19H17ClN2O2S. The van der Waals surface area contributed by atoms with E-state index in [0.29, 0.717) is 21.4 Å². The van der Waals surface area contributed by atoms with Crippen LogP contribution >= 0.6 is 23.8 Å². The van der Waals surface area contributed by atoms with Crippen molar-refractivity contribution in [3.63, 3.8) is 0 Å². The molecule has 25 heavy (non-hydrogen) atoms. The molecular weight excluding hydrogens is 356 g/mol. The molecule has 3 rings (SSSR count). The fraction of sp³-hybridized carbons (Fsp3) is 0.158. The van der Waals surface area contributed by atoms with Crippen LogP contribution in [0.4, 0.5) is 0 Å². The average Bonchev–Trinajstić information content (AvgIpc) is 2.62. The van der Waals surface area contributed by atoms with E-state index in [1.54, 1.807) is 13.0 Å². The van der Waals surface area contributed by atoms with Crippen LogP contribution in [0.5, 0.6) is 0 Å². The molecule has 4 nitrogen and oxygen atoms in total. The van der Waals surface area contributed by atoms with E-state index in [1.807, 2.05) is 48.5 Å². The van der Waals surface area contributed by atoms with Gasteiger partial charge in [0.15, 0.2) is 5.11 Å². The van der Waals surface area contributed by atoms with E-state index in [9.17, 15) is 4.79 Å². The van der Waals surface area contributed by atoms with Gasteiger partial charge >= 0.3 is 5.97 Å². The molecule has 0 bridgehead atoms. The van der Waals surface area contributed by atoms with Crippen molar-refractivity contribution in [1.82, 2.24) is 10.6 Å². The Morgan fingerprint density at radius 1 is 1.20 bits per heavy atom. The quantitative estimate of drug-likeness (QED) is 0.631. The Bertz CT molecular complexity index is 836. The van der Waals surface area contributed by atoms with Gasteiger partial charge in [-0.15, -0.1) is 0 Å². The molecule has 0 unspecified atom stereocenters. The fourth-order valence-electron chi connectivity index (χ4n) is 2.76. The minimum absolute atomic E-state index is 0.289. The van der Waals surface area contributed by atoms with Gasteiger partial charge in [0, 0.05) is 5.02 Å². The van der Waals surface area contributed by atoms with Crippen LogP contribution in [0.1, 0.15) is 24.1 Å². The van der Waals surface area contributed by atoms with Crippen LogP contribution in [0, 0.1) is 0 Å². The van der Waals surface area contributed by atoms with Gasteiger partial charge in [0.25, 0.3) is 0 Å². The molecule has 0 spiro atoms. The van der Waals surface area contributed by atoms with Crippen LogP contribution in [0.2, 0.25) is 5.02 Å². The van der Waals surface area contributed by atoms with E-state index in [1.165, 1.54) is 0 Å². The largest absolute Gasteiger partial charge is 0.463 e. The fourth-order valence-corrected chi connectivity index (χ4v) is 3.18. The summed E-state index contributed by atoms with van der Waals surface area (Å²) in [5.74, 6) is -0.395. The first-order valence-corrected chi connectivity index (χ1v) is 8.68. The molecule has 1 heterocycles. The zero-order chi connectivity index (χ0) is 17.8. The van der Waals surface area contributed by atoms with Crippen molar-refractivity contribution in [2.24, 2.45) is 0 Å². The molecule has 0 amide bonds. The lowest BCUT2D eigenvalue weighted by atomic mass is 9.93. The predicted molar refractivity (Wildman–Crippen MR) is 103 cm³/mol. The summed E-state index contributed by atoms with van der Waals surface area (Å²) in [7, 11) is 0. The van der Waals surface area contributed by atoms with Gasteiger partial charge in [0.1, 0.15) is 0 Å². The van der Waals surface area contributed by atoms with Crippen LogP contribution < -0.4 is 10.6 Å². The van der Waals surface area contributed by atoms with Gasteiger partial charge in [-0.1, -0.05) is 54.1 Å². The molecule has 2 aromatic carbocycles. The summed E-state index contributed by atoms with van der Waals surface area (Å²) in [4.78, 5) is 12.7. The van der Waals surface area contributed by atoms with Crippen molar-refractivity contribution in [1.29, 1.82) is 0 Å². The van der Waals surface area contributed by atoms with Crippen molar-refractivity contribution >= 4 is 40.6 Å². The minimum atomic E-state index is -0.443. The van der Waals surface area contributed by atoms with Crippen molar-refractivity contribution in [3.8, 4) is 0 Å². The van der Waals surface area contributed by atoms with Gasteiger partial charge in [-0.2, -0.15) is 0 Å².